The van der Waals surface area contributed by atoms with Gasteiger partial charge in [0.25, 0.3) is 0 Å². The predicted molar refractivity (Wildman–Crippen MR) is 51.2 cm³/mol. The zero-order chi connectivity index (χ0) is 9.84. The van der Waals surface area contributed by atoms with E-state index in [-0.39, 0.29) is 12.4 Å². The Morgan fingerprint density at radius 3 is 2.77 bits per heavy atom. The molecule has 0 bridgehead atoms. The Labute approximate surface area is 76.6 Å². The number of nitrogens with zero attached hydrogens (tertiary/aromatic N) is 1. The van der Waals surface area contributed by atoms with Crippen molar-refractivity contribution in [2.45, 2.75) is 0 Å². The van der Waals surface area contributed by atoms with Crippen LogP contribution in [0.3, 0.4) is 0 Å². The molecule has 0 unspecified atom stereocenters. The van der Waals surface area contributed by atoms with Gasteiger partial charge in [-0.3, -0.25) is 0 Å². The highest BCUT2D eigenvalue weighted by Crippen LogP contribution is 2.19. The molecule has 0 saturated carbocycles. The van der Waals surface area contributed by atoms with Crippen molar-refractivity contribution in [3.63, 3.8) is 0 Å². The van der Waals surface area contributed by atoms with E-state index in [1.807, 2.05) is 0 Å². The van der Waals surface area contributed by atoms with Crippen LogP contribution in [-0.2, 0) is 0 Å². The number of hydrogen-bond acceptors (Lipinski definition) is 3. The van der Waals surface area contributed by atoms with E-state index in [2.05, 4.69) is 0 Å². The van der Waals surface area contributed by atoms with Gasteiger partial charge in [-0.1, -0.05) is 0 Å². The number of likely N-dealkylation sites (N-methyl/N-ethyl adjacent to an activating group) is 1. The van der Waals surface area contributed by atoms with Crippen LogP contribution in [-0.4, -0.2) is 25.3 Å². The largest absolute Gasteiger partial charge is 0.399 e. The van der Waals surface area contributed by atoms with Gasteiger partial charge in [0.15, 0.2) is 0 Å². The monoisotopic (exact) mass is 184 g/mol. The molecule has 72 valence electrons. The second-order valence-corrected chi connectivity index (χ2v) is 2.86. The van der Waals surface area contributed by atoms with Gasteiger partial charge in [-0.25, -0.2) is 4.39 Å². The fourth-order valence-electron chi connectivity index (χ4n) is 1.10. The molecular weight excluding hydrogens is 171 g/mol. The van der Waals surface area contributed by atoms with Gasteiger partial charge < -0.3 is 15.7 Å². The van der Waals surface area contributed by atoms with Crippen LogP contribution in [0.2, 0.25) is 0 Å². The lowest BCUT2D eigenvalue weighted by atomic mass is 10.2. The molecule has 0 aromatic heterocycles. The number of nitrogens with two attached hydrogens (primary N) is 1. The first kappa shape index (κ1) is 9.80. The summed E-state index contributed by atoms with van der Waals surface area (Å²) in [5.41, 5.74) is 6.24. The Kier molecular flexibility index (Phi) is 3.08. The third-order valence-corrected chi connectivity index (χ3v) is 1.82. The Morgan fingerprint density at radius 1 is 1.54 bits per heavy atom. The number of anilines is 2. The summed E-state index contributed by atoms with van der Waals surface area (Å²) in [7, 11) is 1.71. The van der Waals surface area contributed by atoms with Crippen molar-refractivity contribution >= 4 is 11.4 Å². The summed E-state index contributed by atoms with van der Waals surface area (Å²) >= 11 is 0. The summed E-state index contributed by atoms with van der Waals surface area (Å²) in [4.78, 5) is 1.63. The number of halogens is 1. The van der Waals surface area contributed by atoms with Crippen molar-refractivity contribution in [3.8, 4) is 0 Å². The van der Waals surface area contributed by atoms with Gasteiger partial charge in [0.1, 0.15) is 5.82 Å². The SMILES string of the molecule is CN(CCO)c1ccc(N)cc1F. The van der Waals surface area contributed by atoms with Gasteiger partial charge in [0.2, 0.25) is 0 Å². The fourth-order valence-corrected chi connectivity index (χ4v) is 1.10. The van der Waals surface area contributed by atoms with E-state index in [9.17, 15) is 4.39 Å². The number of aliphatic hydroxyl groups excluding tert-OH is 1. The van der Waals surface area contributed by atoms with Crippen LogP contribution < -0.4 is 10.6 Å². The average Bonchev–Trinajstić information content (AvgIpc) is 2.04. The maximum absolute atomic E-state index is 13.2. The summed E-state index contributed by atoms with van der Waals surface area (Å²) < 4.78 is 13.2. The van der Waals surface area contributed by atoms with Crippen LogP contribution in [0.15, 0.2) is 18.2 Å². The molecule has 1 rings (SSSR count). The first-order valence-corrected chi connectivity index (χ1v) is 4.02. The van der Waals surface area contributed by atoms with Crippen molar-refractivity contribution in [2.75, 3.05) is 30.8 Å². The van der Waals surface area contributed by atoms with Crippen LogP contribution in [0.1, 0.15) is 0 Å². The first-order valence-electron chi connectivity index (χ1n) is 4.02. The smallest absolute Gasteiger partial charge is 0.148 e. The first-order chi connectivity index (χ1) is 6.15. The maximum atomic E-state index is 13.2. The average molecular weight is 184 g/mol. The minimum atomic E-state index is -0.365. The molecule has 1 aromatic carbocycles. The van der Waals surface area contributed by atoms with Crippen LogP contribution in [0.4, 0.5) is 15.8 Å². The van der Waals surface area contributed by atoms with E-state index in [0.717, 1.165) is 0 Å². The molecule has 0 aliphatic heterocycles. The summed E-state index contributed by atoms with van der Waals surface area (Å²) in [6.45, 7) is 0.404. The van der Waals surface area contributed by atoms with Gasteiger partial charge in [-0.2, -0.15) is 0 Å². The van der Waals surface area contributed by atoms with Crippen molar-refractivity contribution in [1.82, 2.24) is 0 Å². The molecule has 0 saturated heterocycles. The van der Waals surface area contributed by atoms with E-state index < -0.39 is 0 Å². The molecule has 0 atom stereocenters. The minimum Gasteiger partial charge on any atom is -0.399 e. The normalized spacial score (nSPS) is 10.1. The highest BCUT2D eigenvalue weighted by Gasteiger charge is 2.06. The topological polar surface area (TPSA) is 49.5 Å². The van der Waals surface area contributed by atoms with E-state index in [0.29, 0.717) is 17.9 Å². The zero-order valence-electron chi connectivity index (χ0n) is 7.50. The van der Waals surface area contributed by atoms with Crippen LogP contribution in [0, 0.1) is 5.82 Å². The van der Waals surface area contributed by atoms with E-state index >= 15 is 0 Å². The molecule has 1 aromatic rings. The molecule has 0 aliphatic rings. The summed E-state index contributed by atoms with van der Waals surface area (Å²) in [5, 5.41) is 8.65. The predicted octanol–water partition coefficient (Wildman–Crippen LogP) is 0.836. The molecular formula is C9H13FN2O. The molecule has 0 spiro atoms. The zero-order valence-corrected chi connectivity index (χ0v) is 7.50. The number of benzene rings is 1. The highest BCUT2D eigenvalue weighted by atomic mass is 19.1. The lowest BCUT2D eigenvalue weighted by Gasteiger charge is -2.18. The van der Waals surface area contributed by atoms with Gasteiger partial charge >= 0.3 is 0 Å². The Hall–Kier alpha value is -1.29. The van der Waals surface area contributed by atoms with Crippen LogP contribution in [0.25, 0.3) is 0 Å². The van der Waals surface area contributed by atoms with Crippen molar-refractivity contribution < 1.29 is 9.50 Å². The van der Waals surface area contributed by atoms with Crippen molar-refractivity contribution in [3.05, 3.63) is 24.0 Å². The second kappa shape index (κ2) is 4.09. The van der Waals surface area contributed by atoms with Gasteiger partial charge in [0.05, 0.1) is 12.3 Å². The Balaban J connectivity index is 2.88. The molecule has 4 heteroatoms. The summed E-state index contributed by atoms with van der Waals surface area (Å²) in [6.07, 6.45) is 0. The molecule has 0 aliphatic carbocycles. The van der Waals surface area contributed by atoms with Crippen molar-refractivity contribution in [2.24, 2.45) is 0 Å². The lowest BCUT2D eigenvalue weighted by molar-refractivity contribution is 0.304. The highest BCUT2D eigenvalue weighted by molar-refractivity contribution is 5.53. The maximum Gasteiger partial charge on any atom is 0.148 e. The van der Waals surface area contributed by atoms with Gasteiger partial charge in [-0.15, -0.1) is 0 Å². The molecule has 0 heterocycles. The molecule has 13 heavy (non-hydrogen) atoms. The fraction of sp³-hybridized carbons (Fsp3) is 0.333. The van der Waals surface area contributed by atoms with Crippen molar-refractivity contribution in [1.29, 1.82) is 0 Å². The third-order valence-electron chi connectivity index (χ3n) is 1.82. The van der Waals surface area contributed by atoms with E-state index in [4.69, 9.17) is 10.8 Å². The molecule has 3 N–H and O–H groups in total. The second-order valence-electron chi connectivity index (χ2n) is 2.86. The quantitative estimate of drug-likeness (QED) is 0.684. The number of aliphatic hydroxyl groups is 1. The van der Waals surface area contributed by atoms with Crippen LogP contribution in [0.5, 0.6) is 0 Å². The molecule has 0 radical (unpaired) electrons. The summed E-state index contributed by atoms with van der Waals surface area (Å²) in [5.74, 6) is -0.365. The molecule has 3 nitrogen and oxygen atoms in total. The molecule has 0 fully saturated rings. The van der Waals surface area contributed by atoms with E-state index in [1.165, 1.54) is 6.07 Å². The molecule has 0 amide bonds. The Morgan fingerprint density at radius 2 is 2.23 bits per heavy atom. The third kappa shape index (κ3) is 2.32. The lowest BCUT2D eigenvalue weighted by Crippen LogP contribution is -2.22. The van der Waals surface area contributed by atoms with Crippen LogP contribution >= 0.6 is 0 Å². The number of hydrogen-bond donors (Lipinski definition) is 2. The summed E-state index contributed by atoms with van der Waals surface area (Å²) in [6, 6.07) is 4.50. The number of rotatable bonds is 3. The minimum absolute atomic E-state index is 0.000314. The van der Waals surface area contributed by atoms with Gasteiger partial charge in [0, 0.05) is 19.3 Å². The number of nitrogen functional groups attached to an aromatic ring is 1. The standard InChI is InChI=1S/C9H13FN2O/c1-12(4-5-13)9-3-2-7(11)6-8(9)10/h2-3,6,13H,4-5,11H2,1H3. The van der Waals surface area contributed by atoms with Gasteiger partial charge in [-0.05, 0) is 18.2 Å². The Bertz CT molecular complexity index is 291. The van der Waals surface area contributed by atoms with E-state index in [1.54, 1.807) is 24.1 Å².